The Hall–Kier alpha value is -2.15. The van der Waals surface area contributed by atoms with E-state index >= 15 is 0 Å². The third-order valence-electron chi connectivity index (χ3n) is 6.47. The molecule has 2 amide bonds. The average molecular weight is 386 g/mol. The van der Waals surface area contributed by atoms with Crippen LogP contribution in [0.1, 0.15) is 43.5 Å². The van der Waals surface area contributed by atoms with Crippen molar-refractivity contribution in [1.29, 1.82) is 0 Å². The van der Waals surface area contributed by atoms with Gasteiger partial charge in [0.2, 0.25) is 5.91 Å². The molecule has 0 unspecified atom stereocenters. The zero-order valence-electron chi connectivity index (χ0n) is 16.9. The number of nitrogens with zero attached hydrogens (tertiary/aromatic N) is 2. The molecule has 2 N–H and O–H groups in total. The molecule has 0 aromatic carbocycles. The highest BCUT2D eigenvalue weighted by Gasteiger charge is 2.63. The van der Waals surface area contributed by atoms with Crippen molar-refractivity contribution in [3.8, 4) is 0 Å². The van der Waals surface area contributed by atoms with Gasteiger partial charge in [-0.3, -0.25) is 9.59 Å². The maximum Gasteiger partial charge on any atom is 0.257 e. The number of rotatable bonds is 6. The minimum Gasteiger partial charge on any atom is -0.372 e. The number of fused-ring (bicyclic) bond motifs is 1. The number of amides is 2. The molecule has 2 bridgehead atoms. The third kappa shape index (κ3) is 3.26. The summed E-state index contributed by atoms with van der Waals surface area (Å²) in [4.78, 5) is 31.4. The number of nitrogens with one attached hydrogen (secondary N) is 2. The lowest BCUT2D eigenvalue weighted by atomic mass is 9.73. The number of ether oxygens (including phenoxy) is 1. The second-order valence-electron chi connectivity index (χ2n) is 8.77. The lowest BCUT2D eigenvalue weighted by Crippen LogP contribution is -2.42. The number of carbonyl (C=O) groups excluding carboxylic acids is 2. The van der Waals surface area contributed by atoms with Crippen LogP contribution in [0.3, 0.4) is 0 Å². The van der Waals surface area contributed by atoms with E-state index in [9.17, 15) is 9.59 Å². The van der Waals surface area contributed by atoms with Gasteiger partial charge in [0.05, 0.1) is 23.8 Å². The normalized spacial score (nSPS) is 30.6. The maximum absolute atomic E-state index is 13.1. The number of anilines is 1. The van der Waals surface area contributed by atoms with Crippen LogP contribution in [0.15, 0.2) is 18.3 Å². The van der Waals surface area contributed by atoms with Gasteiger partial charge in [0.15, 0.2) is 0 Å². The van der Waals surface area contributed by atoms with E-state index < -0.39 is 0 Å². The quantitative estimate of drug-likeness (QED) is 0.780. The number of hydrogen-bond donors (Lipinski definition) is 2. The highest BCUT2D eigenvalue weighted by Crippen LogP contribution is 2.54. The molecule has 4 heterocycles. The van der Waals surface area contributed by atoms with Crippen molar-refractivity contribution in [2.75, 3.05) is 32.0 Å². The summed E-state index contributed by atoms with van der Waals surface area (Å²) in [6.45, 7) is 6.04. The van der Waals surface area contributed by atoms with Crippen LogP contribution in [-0.2, 0) is 9.53 Å². The predicted octanol–water partition coefficient (Wildman–Crippen LogP) is 1.91. The van der Waals surface area contributed by atoms with E-state index in [0.29, 0.717) is 43.4 Å². The molecule has 3 saturated heterocycles. The van der Waals surface area contributed by atoms with Crippen molar-refractivity contribution >= 4 is 17.6 Å². The average Bonchev–Trinajstić information content (AvgIpc) is 3.33. The number of carbonyl (C=O) groups is 2. The van der Waals surface area contributed by atoms with Crippen molar-refractivity contribution in [1.82, 2.24) is 15.2 Å². The van der Waals surface area contributed by atoms with E-state index in [-0.39, 0.29) is 35.4 Å². The van der Waals surface area contributed by atoms with Gasteiger partial charge in [-0.2, -0.15) is 0 Å². The monoisotopic (exact) mass is 386 g/mol. The van der Waals surface area contributed by atoms with Crippen molar-refractivity contribution in [2.24, 2.45) is 17.8 Å². The fourth-order valence-corrected chi connectivity index (χ4v) is 5.24. The van der Waals surface area contributed by atoms with Gasteiger partial charge in [0.1, 0.15) is 5.82 Å². The molecule has 3 aliphatic heterocycles. The Kier molecular flexibility index (Phi) is 5.04. The van der Waals surface area contributed by atoms with Crippen LogP contribution in [0.4, 0.5) is 5.82 Å². The van der Waals surface area contributed by atoms with Crippen LogP contribution in [-0.4, -0.2) is 60.1 Å². The van der Waals surface area contributed by atoms with E-state index in [2.05, 4.69) is 15.6 Å². The van der Waals surface area contributed by atoms with Crippen molar-refractivity contribution in [2.45, 2.75) is 44.8 Å². The van der Waals surface area contributed by atoms with Crippen LogP contribution < -0.4 is 10.6 Å². The van der Waals surface area contributed by atoms with E-state index in [1.807, 2.05) is 24.8 Å². The molecule has 3 fully saturated rings. The standard InChI is InChI=1S/C21H30N4O3/c1-13(2)9-18(26)24-10-15-16-11-25(12-21(16)7-6-17(15)28-21)20(27)14-5-4-8-23-19(14)22-3/h4-5,8,13,15-17H,6-7,9-12H2,1-3H3,(H,22,23)(H,24,26)/t15-,16+,17+,21+/m0/s1. The largest absolute Gasteiger partial charge is 0.372 e. The zero-order valence-corrected chi connectivity index (χ0v) is 16.9. The van der Waals surface area contributed by atoms with Gasteiger partial charge in [-0.05, 0) is 30.9 Å². The van der Waals surface area contributed by atoms with Gasteiger partial charge in [0.25, 0.3) is 5.91 Å². The van der Waals surface area contributed by atoms with Gasteiger partial charge in [-0.25, -0.2) is 4.98 Å². The molecule has 1 spiro atoms. The summed E-state index contributed by atoms with van der Waals surface area (Å²) < 4.78 is 6.41. The Morgan fingerprint density at radius 3 is 3.00 bits per heavy atom. The van der Waals surface area contributed by atoms with E-state index in [0.717, 1.165) is 12.8 Å². The molecule has 7 heteroatoms. The minimum absolute atomic E-state index is 0.00383. The second-order valence-corrected chi connectivity index (χ2v) is 8.77. The Morgan fingerprint density at radius 2 is 2.25 bits per heavy atom. The summed E-state index contributed by atoms with van der Waals surface area (Å²) in [6, 6.07) is 3.60. The number of likely N-dealkylation sites (tertiary alicyclic amines) is 1. The molecule has 4 rings (SSSR count). The maximum atomic E-state index is 13.1. The summed E-state index contributed by atoms with van der Waals surface area (Å²) in [5.74, 6) is 1.61. The molecular weight excluding hydrogens is 356 g/mol. The number of pyridine rings is 1. The Labute approximate surface area is 166 Å². The van der Waals surface area contributed by atoms with Crippen molar-refractivity contribution < 1.29 is 14.3 Å². The van der Waals surface area contributed by atoms with Gasteiger partial charge < -0.3 is 20.3 Å². The van der Waals surface area contributed by atoms with Crippen LogP contribution in [0, 0.1) is 17.8 Å². The summed E-state index contributed by atoms with van der Waals surface area (Å²) >= 11 is 0. The van der Waals surface area contributed by atoms with Crippen molar-refractivity contribution in [3.05, 3.63) is 23.9 Å². The molecule has 4 atom stereocenters. The van der Waals surface area contributed by atoms with Gasteiger partial charge in [-0.15, -0.1) is 0 Å². The summed E-state index contributed by atoms with van der Waals surface area (Å²) in [5, 5.41) is 6.10. The van der Waals surface area contributed by atoms with Gasteiger partial charge in [0, 0.05) is 44.6 Å². The number of aromatic nitrogens is 1. The minimum atomic E-state index is -0.240. The topological polar surface area (TPSA) is 83.6 Å². The molecule has 152 valence electrons. The summed E-state index contributed by atoms with van der Waals surface area (Å²) in [5.41, 5.74) is 0.355. The fraction of sp³-hybridized carbons (Fsp3) is 0.667. The molecule has 0 aliphatic carbocycles. The first-order valence-corrected chi connectivity index (χ1v) is 10.3. The van der Waals surface area contributed by atoms with Crippen LogP contribution >= 0.6 is 0 Å². The number of hydrogen-bond acceptors (Lipinski definition) is 5. The highest BCUT2D eigenvalue weighted by molar-refractivity contribution is 5.99. The third-order valence-corrected chi connectivity index (χ3v) is 6.47. The Morgan fingerprint density at radius 1 is 1.43 bits per heavy atom. The van der Waals surface area contributed by atoms with E-state index in [4.69, 9.17) is 4.74 Å². The summed E-state index contributed by atoms with van der Waals surface area (Å²) in [6.07, 6.45) is 4.44. The Bertz CT molecular complexity index is 768. The Balaban J connectivity index is 1.46. The molecule has 1 aromatic heterocycles. The van der Waals surface area contributed by atoms with Crippen molar-refractivity contribution in [3.63, 3.8) is 0 Å². The molecule has 0 saturated carbocycles. The second kappa shape index (κ2) is 7.35. The highest BCUT2D eigenvalue weighted by atomic mass is 16.5. The molecule has 0 radical (unpaired) electrons. The van der Waals surface area contributed by atoms with Crippen LogP contribution in [0.25, 0.3) is 0 Å². The van der Waals surface area contributed by atoms with Crippen LogP contribution in [0.2, 0.25) is 0 Å². The molecular formula is C21H30N4O3. The van der Waals surface area contributed by atoms with Crippen LogP contribution in [0.5, 0.6) is 0 Å². The van der Waals surface area contributed by atoms with Gasteiger partial charge >= 0.3 is 0 Å². The predicted molar refractivity (Wildman–Crippen MR) is 106 cm³/mol. The van der Waals surface area contributed by atoms with E-state index in [1.165, 1.54) is 0 Å². The molecule has 1 aromatic rings. The first-order valence-electron chi connectivity index (χ1n) is 10.3. The zero-order chi connectivity index (χ0) is 19.9. The molecule has 7 nitrogen and oxygen atoms in total. The molecule has 3 aliphatic rings. The SMILES string of the molecule is CNc1ncccc1C(=O)N1C[C@@H]2[C@H](CNC(=O)CC(C)C)[C@H]3CC[C@]2(C1)O3. The fourth-order valence-electron chi connectivity index (χ4n) is 5.24. The lowest BCUT2D eigenvalue weighted by molar-refractivity contribution is -0.122. The van der Waals surface area contributed by atoms with E-state index in [1.54, 1.807) is 19.3 Å². The summed E-state index contributed by atoms with van der Waals surface area (Å²) in [7, 11) is 1.77. The van der Waals surface area contributed by atoms with Gasteiger partial charge in [-0.1, -0.05) is 13.8 Å². The molecule has 28 heavy (non-hydrogen) atoms. The first-order chi connectivity index (χ1) is 13.4. The lowest BCUT2D eigenvalue weighted by Gasteiger charge is -2.29. The smallest absolute Gasteiger partial charge is 0.257 e. The first kappa shape index (κ1) is 19.2.